The lowest BCUT2D eigenvalue weighted by atomic mass is 9.60. The van der Waals surface area contributed by atoms with Gasteiger partial charge in [0.1, 0.15) is 11.5 Å². The van der Waals surface area contributed by atoms with Gasteiger partial charge in [-0.2, -0.15) is 0 Å². The van der Waals surface area contributed by atoms with Crippen LogP contribution < -0.4 is 0 Å². The van der Waals surface area contributed by atoms with E-state index in [0.717, 1.165) is 30.6 Å². The molecule has 0 saturated heterocycles. The summed E-state index contributed by atoms with van der Waals surface area (Å²) in [5.41, 5.74) is 2.59. The van der Waals surface area contributed by atoms with Crippen molar-refractivity contribution in [3.63, 3.8) is 0 Å². The molecule has 2 aliphatic rings. The van der Waals surface area contributed by atoms with Gasteiger partial charge in [0.2, 0.25) is 0 Å². The van der Waals surface area contributed by atoms with E-state index in [4.69, 9.17) is 0 Å². The Morgan fingerprint density at radius 1 is 0.690 bits per heavy atom. The maximum absolute atomic E-state index is 9.78. The number of phenols is 2. The van der Waals surface area contributed by atoms with Crippen LogP contribution in [-0.2, 0) is 5.41 Å². The summed E-state index contributed by atoms with van der Waals surface area (Å²) in [5.74, 6) is 3.41. The van der Waals surface area contributed by atoms with E-state index in [2.05, 4.69) is 31.2 Å². The molecule has 0 amide bonds. The Bertz CT molecular complexity index is 714. The summed E-state index contributed by atoms with van der Waals surface area (Å²) in [5, 5.41) is 19.6. The first-order chi connectivity index (χ1) is 14.1. The molecule has 2 saturated carbocycles. The highest BCUT2D eigenvalue weighted by Gasteiger charge is 2.40. The van der Waals surface area contributed by atoms with Crippen molar-refractivity contribution in [3.8, 4) is 11.5 Å². The van der Waals surface area contributed by atoms with E-state index in [1.165, 1.54) is 62.5 Å². The topological polar surface area (TPSA) is 40.5 Å². The van der Waals surface area contributed by atoms with Gasteiger partial charge in [0.15, 0.2) is 0 Å². The van der Waals surface area contributed by atoms with Crippen LogP contribution in [0.2, 0.25) is 0 Å². The zero-order chi connectivity index (χ0) is 20.3. The van der Waals surface area contributed by atoms with Gasteiger partial charge in [-0.1, -0.05) is 56.9 Å². The molecule has 2 aromatic rings. The van der Waals surface area contributed by atoms with Gasteiger partial charge in [-0.05, 0) is 91.7 Å². The third kappa shape index (κ3) is 4.32. The Labute approximate surface area is 176 Å². The van der Waals surface area contributed by atoms with E-state index in [0.29, 0.717) is 11.5 Å². The normalized spacial score (nSPS) is 25.0. The molecule has 4 rings (SSSR count). The molecule has 0 heterocycles. The molecule has 2 heteroatoms. The van der Waals surface area contributed by atoms with Crippen molar-refractivity contribution in [2.45, 2.75) is 76.5 Å². The van der Waals surface area contributed by atoms with Gasteiger partial charge in [0, 0.05) is 5.41 Å². The minimum atomic E-state index is -0.00267. The first kappa shape index (κ1) is 20.3. The molecular weight excluding hydrogens is 356 g/mol. The number of hydrogen-bond acceptors (Lipinski definition) is 2. The smallest absolute Gasteiger partial charge is 0.115 e. The van der Waals surface area contributed by atoms with Crippen LogP contribution in [0.3, 0.4) is 0 Å². The Balaban J connectivity index is 1.51. The maximum Gasteiger partial charge on any atom is 0.115 e. The Kier molecular flexibility index (Phi) is 6.18. The third-order valence-corrected chi connectivity index (χ3v) is 7.98. The molecule has 0 bridgehead atoms. The van der Waals surface area contributed by atoms with Crippen molar-refractivity contribution in [3.05, 3.63) is 59.7 Å². The first-order valence-corrected chi connectivity index (χ1v) is 11.7. The van der Waals surface area contributed by atoms with Gasteiger partial charge in [0.05, 0.1) is 0 Å². The van der Waals surface area contributed by atoms with Gasteiger partial charge in [0.25, 0.3) is 0 Å². The monoisotopic (exact) mass is 392 g/mol. The maximum atomic E-state index is 9.78. The molecule has 0 radical (unpaired) electrons. The second kappa shape index (κ2) is 8.81. The molecule has 2 N–H and O–H groups in total. The van der Waals surface area contributed by atoms with Crippen LogP contribution in [0.25, 0.3) is 0 Å². The lowest BCUT2D eigenvalue weighted by molar-refractivity contribution is 0.141. The molecule has 0 atom stereocenters. The second-order valence-corrected chi connectivity index (χ2v) is 9.58. The molecule has 2 fully saturated rings. The lowest BCUT2D eigenvalue weighted by Gasteiger charge is -2.44. The van der Waals surface area contributed by atoms with E-state index in [9.17, 15) is 10.2 Å². The van der Waals surface area contributed by atoms with Crippen LogP contribution in [0, 0.1) is 17.8 Å². The Morgan fingerprint density at radius 3 is 1.59 bits per heavy atom. The summed E-state index contributed by atoms with van der Waals surface area (Å²) in [6, 6.07) is 15.7. The van der Waals surface area contributed by atoms with Gasteiger partial charge >= 0.3 is 0 Å². The predicted octanol–water partition coefficient (Wildman–Crippen LogP) is 7.18. The van der Waals surface area contributed by atoms with Crippen molar-refractivity contribution in [1.82, 2.24) is 0 Å². The van der Waals surface area contributed by atoms with E-state index in [-0.39, 0.29) is 5.41 Å². The molecule has 2 aromatic carbocycles. The average molecular weight is 393 g/mol. The van der Waals surface area contributed by atoms with Gasteiger partial charge in [-0.3, -0.25) is 0 Å². The molecule has 156 valence electrons. The lowest BCUT2D eigenvalue weighted by Crippen LogP contribution is -2.35. The number of benzene rings is 2. The SMILES string of the molecule is CCC[C@H]1CC[C@H](C2CCC(c3ccc(O)cc3)(c3ccc(O)cc3)CC2)CC1. The molecule has 0 spiro atoms. The highest BCUT2D eigenvalue weighted by Crippen LogP contribution is 2.50. The first-order valence-electron chi connectivity index (χ1n) is 11.7. The van der Waals surface area contributed by atoms with E-state index >= 15 is 0 Å². The summed E-state index contributed by atoms with van der Waals surface area (Å²) in [4.78, 5) is 0. The molecule has 29 heavy (non-hydrogen) atoms. The highest BCUT2D eigenvalue weighted by atomic mass is 16.3. The van der Waals surface area contributed by atoms with E-state index in [1.54, 1.807) is 0 Å². The zero-order valence-electron chi connectivity index (χ0n) is 17.8. The Morgan fingerprint density at radius 2 is 1.14 bits per heavy atom. The molecule has 2 aliphatic carbocycles. The van der Waals surface area contributed by atoms with Crippen LogP contribution >= 0.6 is 0 Å². The van der Waals surface area contributed by atoms with Crippen molar-refractivity contribution >= 4 is 0 Å². The summed E-state index contributed by atoms with van der Waals surface area (Å²) >= 11 is 0. The predicted molar refractivity (Wildman–Crippen MR) is 119 cm³/mol. The van der Waals surface area contributed by atoms with Crippen molar-refractivity contribution < 1.29 is 10.2 Å². The zero-order valence-corrected chi connectivity index (χ0v) is 17.8. The van der Waals surface area contributed by atoms with Gasteiger partial charge in [-0.15, -0.1) is 0 Å². The van der Waals surface area contributed by atoms with Crippen LogP contribution in [0.4, 0.5) is 0 Å². The fraction of sp³-hybridized carbons (Fsp3) is 0.556. The fourth-order valence-electron chi connectivity index (χ4n) is 6.27. The van der Waals surface area contributed by atoms with Crippen molar-refractivity contribution in [1.29, 1.82) is 0 Å². The highest BCUT2D eigenvalue weighted by molar-refractivity contribution is 5.43. The number of phenolic OH excluding ortho intramolecular Hbond substituents is 2. The van der Waals surface area contributed by atoms with Crippen LogP contribution in [0.1, 0.15) is 82.3 Å². The number of aromatic hydroxyl groups is 2. The summed E-state index contributed by atoms with van der Waals surface area (Å²) in [6.07, 6.45) is 13.4. The van der Waals surface area contributed by atoms with Gasteiger partial charge in [-0.25, -0.2) is 0 Å². The molecule has 0 unspecified atom stereocenters. The van der Waals surface area contributed by atoms with Crippen LogP contribution in [0.5, 0.6) is 11.5 Å². The van der Waals surface area contributed by atoms with Crippen molar-refractivity contribution in [2.24, 2.45) is 17.8 Å². The van der Waals surface area contributed by atoms with Gasteiger partial charge < -0.3 is 10.2 Å². The quantitative estimate of drug-likeness (QED) is 0.566. The van der Waals surface area contributed by atoms with E-state index < -0.39 is 0 Å². The molecular formula is C27H36O2. The largest absolute Gasteiger partial charge is 0.508 e. The van der Waals surface area contributed by atoms with Crippen LogP contribution in [-0.4, -0.2) is 10.2 Å². The standard InChI is InChI=1S/C27H36O2/c1-2-3-20-4-6-21(7-5-20)22-16-18-27(19-17-22,23-8-12-25(28)13-9-23)24-10-14-26(29)15-11-24/h8-15,20-22,28-29H,2-7,16-19H2,1H3/t20-,21-. The summed E-state index contributed by atoms with van der Waals surface area (Å²) in [6.45, 7) is 2.32. The molecule has 0 aliphatic heterocycles. The second-order valence-electron chi connectivity index (χ2n) is 9.58. The third-order valence-electron chi connectivity index (χ3n) is 7.98. The van der Waals surface area contributed by atoms with E-state index in [1.807, 2.05) is 24.3 Å². The summed E-state index contributed by atoms with van der Waals surface area (Å²) < 4.78 is 0. The minimum absolute atomic E-state index is 0.00267. The summed E-state index contributed by atoms with van der Waals surface area (Å²) in [7, 11) is 0. The number of rotatable bonds is 5. The molecule has 0 aromatic heterocycles. The Hall–Kier alpha value is -1.96. The van der Waals surface area contributed by atoms with Crippen molar-refractivity contribution in [2.75, 3.05) is 0 Å². The average Bonchev–Trinajstić information content (AvgIpc) is 2.76. The van der Waals surface area contributed by atoms with Crippen LogP contribution in [0.15, 0.2) is 48.5 Å². The number of hydrogen-bond donors (Lipinski definition) is 2. The fourth-order valence-corrected chi connectivity index (χ4v) is 6.27. The molecule has 2 nitrogen and oxygen atoms in total. The minimum Gasteiger partial charge on any atom is -0.508 e.